The molecule has 0 spiro atoms. The van der Waals surface area contributed by atoms with E-state index in [0.29, 0.717) is 6.23 Å². The van der Waals surface area contributed by atoms with E-state index in [9.17, 15) is 0 Å². The van der Waals surface area contributed by atoms with Crippen molar-refractivity contribution >= 4 is 22.6 Å². The summed E-state index contributed by atoms with van der Waals surface area (Å²) in [6.07, 6.45) is 0.334. The van der Waals surface area contributed by atoms with Crippen LogP contribution < -0.4 is 5.32 Å². The molecule has 2 nitrogen and oxygen atoms in total. The molecule has 0 saturated carbocycles. The van der Waals surface area contributed by atoms with E-state index in [-0.39, 0.29) is 0 Å². The predicted molar refractivity (Wildman–Crippen MR) is 36.6 cm³/mol. The maximum Gasteiger partial charge on any atom is 0.117 e. The smallest absolute Gasteiger partial charge is 0.117 e. The van der Waals surface area contributed by atoms with Gasteiger partial charge in [-0.05, 0) is 0 Å². The van der Waals surface area contributed by atoms with Gasteiger partial charge in [-0.25, -0.2) is 0 Å². The van der Waals surface area contributed by atoms with Gasteiger partial charge in [0.2, 0.25) is 0 Å². The summed E-state index contributed by atoms with van der Waals surface area (Å²) in [6.45, 7) is 1.90. The summed E-state index contributed by atoms with van der Waals surface area (Å²) in [6, 6.07) is 0. The van der Waals surface area contributed by atoms with Crippen LogP contribution in [-0.4, -0.2) is 23.8 Å². The van der Waals surface area contributed by atoms with Crippen molar-refractivity contribution in [1.29, 1.82) is 0 Å². The molecular formula is C4H8INO. The van der Waals surface area contributed by atoms with Gasteiger partial charge in [0, 0.05) is 11.0 Å². The molecule has 0 aromatic rings. The summed E-state index contributed by atoms with van der Waals surface area (Å²) in [4.78, 5) is 0. The molecule has 42 valence electrons. The Bertz CT molecular complexity index is 53.7. The molecule has 0 aliphatic carbocycles. The second-order valence-corrected chi connectivity index (χ2v) is 2.35. The van der Waals surface area contributed by atoms with Crippen LogP contribution in [0.1, 0.15) is 0 Å². The van der Waals surface area contributed by atoms with Crippen molar-refractivity contribution < 1.29 is 4.74 Å². The maximum absolute atomic E-state index is 5.18. The van der Waals surface area contributed by atoms with Gasteiger partial charge in [0.1, 0.15) is 6.23 Å². The Morgan fingerprint density at radius 1 is 1.86 bits per heavy atom. The maximum atomic E-state index is 5.18. The molecule has 0 bridgehead atoms. The van der Waals surface area contributed by atoms with Crippen molar-refractivity contribution in [3.05, 3.63) is 0 Å². The van der Waals surface area contributed by atoms with Crippen molar-refractivity contribution in [3.63, 3.8) is 0 Å². The monoisotopic (exact) mass is 213 g/mol. The molecule has 1 unspecified atom stereocenters. The molecule has 1 aliphatic heterocycles. The molecule has 0 amide bonds. The Kier molecular flexibility index (Phi) is 2.34. The van der Waals surface area contributed by atoms with Gasteiger partial charge in [-0.15, -0.1) is 0 Å². The highest BCUT2D eigenvalue weighted by atomic mass is 127. The van der Waals surface area contributed by atoms with Crippen molar-refractivity contribution in [3.8, 4) is 0 Å². The van der Waals surface area contributed by atoms with Gasteiger partial charge in [0.15, 0.2) is 0 Å². The van der Waals surface area contributed by atoms with E-state index in [1.165, 1.54) is 0 Å². The Labute approximate surface area is 56.8 Å². The molecule has 1 atom stereocenters. The molecule has 3 heteroatoms. The Hall–Kier alpha value is 0.650. The lowest BCUT2D eigenvalue weighted by molar-refractivity contribution is 0.122. The van der Waals surface area contributed by atoms with Crippen LogP contribution in [0.25, 0.3) is 0 Å². The number of halogens is 1. The van der Waals surface area contributed by atoms with Gasteiger partial charge < -0.3 is 4.74 Å². The Balaban J connectivity index is 2.14. The normalized spacial score (nSPS) is 31.3. The molecule has 1 rings (SSSR count). The number of hydrogen-bond acceptors (Lipinski definition) is 2. The molecule has 0 aromatic heterocycles. The van der Waals surface area contributed by atoms with E-state index in [1.807, 2.05) is 0 Å². The van der Waals surface area contributed by atoms with Crippen LogP contribution in [0, 0.1) is 0 Å². The lowest BCUT2D eigenvalue weighted by Gasteiger charge is -2.01. The molecule has 1 aliphatic rings. The van der Waals surface area contributed by atoms with Crippen LogP contribution in [0.4, 0.5) is 0 Å². The van der Waals surface area contributed by atoms with E-state index in [1.54, 1.807) is 0 Å². The van der Waals surface area contributed by atoms with Crippen LogP contribution in [0.3, 0.4) is 0 Å². The average molecular weight is 213 g/mol. The predicted octanol–water partition coefficient (Wildman–Crippen LogP) is 0.367. The molecule has 1 heterocycles. The standard InChI is InChI=1S/C4H8INO/c5-3-4-6-1-2-7-4/h4,6H,1-3H2. The third-order valence-corrected chi connectivity index (χ3v) is 1.73. The van der Waals surface area contributed by atoms with Gasteiger partial charge in [-0.3, -0.25) is 5.32 Å². The summed E-state index contributed by atoms with van der Waals surface area (Å²) in [5, 5.41) is 3.18. The lowest BCUT2D eigenvalue weighted by atomic mass is 10.7. The van der Waals surface area contributed by atoms with Crippen LogP contribution in [0.5, 0.6) is 0 Å². The third kappa shape index (κ3) is 1.54. The van der Waals surface area contributed by atoms with E-state index in [2.05, 4.69) is 27.9 Å². The van der Waals surface area contributed by atoms with Crippen molar-refractivity contribution in [2.45, 2.75) is 6.23 Å². The van der Waals surface area contributed by atoms with E-state index in [4.69, 9.17) is 4.74 Å². The van der Waals surface area contributed by atoms with Crippen LogP contribution in [0.15, 0.2) is 0 Å². The topological polar surface area (TPSA) is 21.3 Å². The summed E-state index contributed by atoms with van der Waals surface area (Å²) in [5.41, 5.74) is 0. The highest BCUT2D eigenvalue weighted by molar-refractivity contribution is 14.1. The summed E-state index contributed by atoms with van der Waals surface area (Å²) in [5.74, 6) is 0. The minimum Gasteiger partial charge on any atom is -0.361 e. The minimum absolute atomic E-state index is 0.334. The highest BCUT2D eigenvalue weighted by Gasteiger charge is 2.10. The van der Waals surface area contributed by atoms with Gasteiger partial charge in [0.25, 0.3) is 0 Å². The van der Waals surface area contributed by atoms with E-state index >= 15 is 0 Å². The van der Waals surface area contributed by atoms with Crippen LogP contribution in [0.2, 0.25) is 0 Å². The molecule has 0 aromatic carbocycles. The molecule has 0 radical (unpaired) electrons. The number of ether oxygens (including phenoxy) is 1. The van der Waals surface area contributed by atoms with Gasteiger partial charge >= 0.3 is 0 Å². The first-order chi connectivity index (χ1) is 3.43. The number of rotatable bonds is 1. The first-order valence-corrected chi connectivity index (χ1v) is 3.87. The van der Waals surface area contributed by atoms with Gasteiger partial charge in [-0.2, -0.15) is 0 Å². The number of hydrogen-bond donors (Lipinski definition) is 1. The van der Waals surface area contributed by atoms with Gasteiger partial charge in [-0.1, -0.05) is 22.6 Å². The zero-order valence-corrected chi connectivity index (χ0v) is 6.14. The molecule has 7 heavy (non-hydrogen) atoms. The molecule has 1 N–H and O–H groups in total. The Morgan fingerprint density at radius 3 is 3.00 bits per heavy atom. The second-order valence-electron chi connectivity index (χ2n) is 1.47. The molecule has 1 fully saturated rings. The zero-order valence-electron chi connectivity index (χ0n) is 3.98. The third-order valence-electron chi connectivity index (χ3n) is 0.933. The summed E-state index contributed by atoms with van der Waals surface area (Å²) >= 11 is 2.30. The highest BCUT2D eigenvalue weighted by Crippen LogP contribution is 1.97. The quantitative estimate of drug-likeness (QED) is 0.501. The van der Waals surface area contributed by atoms with Crippen LogP contribution in [-0.2, 0) is 4.74 Å². The minimum atomic E-state index is 0.334. The van der Waals surface area contributed by atoms with E-state index < -0.39 is 0 Å². The van der Waals surface area contributed by atoms with Gasteiger partial charge in [0.05, 0.1) is 6.61 Å². The number of nitrogens with one attached hydrogen (secondary N) is 1. The van der Waals surface area contributed by atoms with E-state index in [0.717, 1.165) is 17.6 Å². The largest absolute Gasteiger partial charge is 0.361 e. The summed E-state index contributed by atoms with van der Waals surface area (Å²) in [7, 11) is 0. The Morgan fingerprint density at radius 2 is 2.71 bits per heavy atom. The average Bonchev–Trinajstić information content (AvgIpc) is 2.14. The van der Waals surface area contributed by atoms with Crippen molar-refractivity contribution in [1.82, 2.24) is 5.32 Å². The lowest BCUT2D eigenvalue weighted by Crippen LogP contribution is -2.23. The molecule has 1 saturated heterocycles. The molecular weight excluding hydrogens is 205 g/mol. The number of alkyl halides is 1. The SMILES string of the molecule is ICC1NCCO1. The fourth-order valence-electron chi connectivity index (χ4n) is 0.579. The zero-order chi connectivity index (χ0) is 5.11. The van der Waals surface area contributed by atoms with Crippen molar-refractivity contribution in [2.24, 2.45) is 0 Å². The first-order valence-electron chi connectivity index (χ1n) is 2.34. The summed E-state index contributed by atoms with van der Waals surface area (Å²) < 4.78 is 6.24. The van der Waals surface area contributed by atoms with Crippen molar-refractivity contribution in [2.75, 3.05) is 17.6 Å². The second kappa shape index (κ2) is 2.84. The first kappa shape index (κ1) is 5.78. The fraction of sp³-hybridized carbons (Fsp3) is 1.00. The van der Waals surface area contributed by atoms with Crippen LogP contribution >= 0.6 is 22.6 Å². The fourth-order valence-corrected chi connectivity index (χ4v) is 1.14.